The third-order valence-corrected chi connectivity index (χ3v) is 3.07. The highest BCUT2D eigenvalue weighted by Gasteiger charge is 2.33. The molecule has 0 bridgehead atoms. The molecule has 6 heteroatoms. The van der Waals surface area contributed by atoms with Gasteiger partial charge in [0.1, 0.15) is 0 Å². The SMILES string of the molecule is CC(C)(CN1CCSC1=O)C(=O)NN. The zero-order chi connectivity index (χ0) is 10.8. The van der Waals surface area contributed by atoms with Crippen molar-refractivity contribution in [2.24, 2.45) is 11.3 Å². The highest BCUT2D eigenvalue weighted by molar-refractivity contribution is 8.13. The van der Waals surface area contributed by atoms with E-state index in [0.29, 0.717) is 13.1 Å². The third-order valence-electron chi connectivity index (χ3n) is 2.18. The van der Waals surface area contributed by atoms with E-state index in [0.717, 1.165) is 5.75 Å². The quantitative estimate of drug-likeness (QED) is 0.401. The summed E-state index contributed by atoms with van der Waals surface area (Å²) in [5.74, 6) is 5.62. The summed E-state index contributed by atoms with van der Waals surface area (Å²) >= 11 is 1.29. The summed E-state index contributed by atoms with van der Waals surface area (Å²) in [6, 6.07) is 0. The van der Waals surface area contributed by atoms with Crippen LogP contribution in [0.3, 0.4) is 0 Å². The maximum Gasteiger partial charge on any atom is 0.281 e. The van der Waals surface area contributed by atoms with Crippen LogP contribution in [0.2, 0.25) is 0 Å². The lowest BCUT2D eigenvalue weighted by atomic mass is 9.92. The molecule has 14 heavy (non-hydrogen) atoms. The van der Waals surface area contributed by atoms with Crippen molar-refractivity contribution in [2.75, 3.05) is 18.8 Å². The number of hydrogen-bond donors (Lipinski definition) is 2. The number of nitrogens with two attached hydrogens (primary N) is 1. The van der Waals surface area contributed by atoms with Crippen LogP contribution in [0, 0.1) is 5.41 Å². The Bertz CT molecular complexity index is 255. The smallest absolute Gasteiger partial charge is 0.281 e. The lowest BCUT2D eigenvalue weighted by Gasteiger charge is -2.27. The lowest BCUT2D eigenvalue weighted by Crippen LogP contribution is -2.47. The van der Waals surface area contributed by atoms with Gasteiger partial charge in [0.05, 0.1) is 5.41 Å². The molecule has 0 aliphatic carbocycles. The number of hydrazine groups is 1. The molecule has 1 rings (SSSR count). The highest BCUT2D eigenvalue weighted by atomic mass is 32.2. The van der Waals surface area contributed by atoms with Gasteiger partial charge >= 0.3 is 0 Å². The van der Waals surface area contributed by atoms with E-state index < -0.39 is 5.41 Å². The molecule has 1 aliphatic heterocycles. The van der Waals surface area contributed by atoms with Gasteiger partial charge < -0.3 is 4.90 Å². The van der Waals surface area contributed by atoms with Crippen LogP contribution < -0.4 is 11.3 Å². The van der Waals surface area contributed by atoms with Crippen molar-refractivity contribution < 1.29 is 9.59 Å². The van der Waals surface area contributed by atoms with Crippen LogP contribution in [0.1, 0.15) is 13.8 Å². The van der Waals surface area contributed by atoms with Gasteiger partial charge in [0, 0.05) is 18.8 Å². The van der Waals surface area contributed by atoms with Gasteiger partial charge in [-0.05, 0) is 13.8 Å². The molecule has 0 saturated carbocycles. The Kier molecular flexibility index (Phi) is 3.38. The molecule has 0 aromatic carbocycles. The molecule has 0 unspecified atom stereocenters. The average Bonchev–Trinajstić information content (AvgIpc) is 2.50. The van der Waals surface area contributed by atoms with Crippen LogP contribution in [0.15, 0.2) is 0 Å². The first-order valence-electron chi connectivity index (χ1n) is 4.40. The number of nitrogens with zero attached hydrogens (tertiary/aromatic N) is 1. The fourth-order valence-electron chi connectivity index (χ4n) is 1.31. The van der Waals surface area contributed by atoms with Crippen molar-refractivity contribution in [1.82, 2.24) is 10.3 Å². The van der Waals surface area contributed by atoms with Gasteiger partial charge in [0.15, 0.2) is 0 Å². The van der Waals surface area contributed by atoms with Crippen molar-refractivity contribution in [3.63, 3.8) is 0 Å². The summed E-state index contributed by atoms with van der Waals surface area (Å²) in [6.45, 7) is 4.67. The minimum absolute atomic E-state index is 0.0443. The van der Waals surface area contributed by atoms with E-state index in [1.54, 1.807) is 18.7 Å². The molecule has 1 saturated heterocycles. The Morgan fingerprint density at radius 1 is 1.71 bits per heavy atom. The normalized spacial score (nSPS) is 17.4. The average molecular weight is 217 g/mol. The van der Waals surface area contributed by atoms with Crippen molar-refractivity contribution >= 4 is 22.9 Å². The van der Waals surface area contributed by atoms with Crippen LogP contribution in [0.4, 0.5) is 4.79 Å². The molecule has 1 aliphatic rings. The first-order chi connectivity index (χ1) is 6.47. The number of carbonyl (C=O) groups is 2. The lowest BCUT2D eigenvalue weighted by molar-refractivity contribution is -0.129. The van der Waals surface area contributed by atoms with Gasteiger partial charge in [-0.1, -0.05) is 11.8 Å². The van der Waals surface area contributed by atoms with Gasteiger partial charge in [-0.15, -0.1) is 0 Å². The Labute approximate surface area is 87.4 Å². The Hall–Kier alpha value is -0.750. The van der Waals surface area contributed by atoms with Gasteiger partial charge in [-0.25, -0.2) is 5.84 Å². The molecular weight excluding hydrogens is 202 g/mol. The van der Waals surface area contributed by atoms with Gasteiger partial charge in [0.25, 0.3) is 5.24 Å². The van der Waals surface area contributed by atoms with Crippen molar-refractivity contribution in [2.45, 2.75) is 13.8 Å². The number of thioether (sulfide) groups is 1. The van der Waals surface area contributed by atoms with E-state index in [4.69, 9.17) is 5.84 Å². The second kappa shape index (κ2) is 4.18. The molecule has 3 N–H and O–H groups in total. The summed E-state index contributed by atoms with van der Waals surface area (Å²) in [5.41, 5.74) is 1.48. The molecule has 0 aromatic rings. The van der Waals surface area contributed by atoms with Crippen LogP contribution in [-0.2, 0) is 4.79 Å². The van der Waals surface area contributed by atoms with Gasteiger partial charge in [0.2, 0.25) is 5.91 Å². The van der Waals surface area contributed by atoms with Crippen LogP contribution in [0.25, 0.3) is 0 Å². The van der Waals surface area contributed by atoms with Crippen molar-refractivity contribution in [3.05, 3.63) is 0 Å². The number of rotatable bonds is 3. The Morgan fingerprint density at radius 2 is 2.36 bits per heavy atom. The molecule has 0 spiro atoms. The second-order valence-corrected chi connectivity index (χ2v) is 4.94. The largest absolute Gasteiger partial charge is 0.332 e. The first-order valence-corrected chi connectivity index (χ1v) is 5.38. The maximum atomic E-state index is 11.3. The molecule has 1 fully saturated rings. The second-order valence-electron chi connectivity index (χ2n) is 3.89. The number of amides is 2. The number of hydrogen-bond acceptors (Lipinski definition) is 4. The molecule has 1 heterocycles. The topological polar surface area (TPSA) is 75.4 Å². The first kappa shape index (κ1) is 11.3. The van der Waals surface area contributed by atoms with E-state index in [2.05, 4.69) is 5.43 Å². The van der Waals surface area contributed by atoms with E-state index in [1.165, 1.54) is 11.8 Å². The fourth-order valence-corrected chi connectivity index (χ4v) is 2.14. The predicted molar refractivity (Wildman–Crippen MR) is 55.5 cm³/mol. The Morgan fingerprint density at radius 3 is 2.79 bits per heavy atom. The number of nitrogens with one attached hydrogen (secondary N) is 1. The summed E-state index contributed by atoms with van der Waals surface area (Å²) in [6.07, 6.45) is 0. The molecule has 2 amide bonds. The fraction of sp³-hybridized carbons (Fsp3) is 0.750. The van der Waals surface area contributed by atoms with Crippen molar-refractivity contribution in [3.8, 4) is 0 Å². The van der Waals surface area contributed by atoms with Gasteiger partial charge in [-0.2, -0.15) is 0 Å². The van der Waals surface area contributed by atoms with Crippen LogP contribution in [0.5, 0.6) is 0 Å². The molecule has 0 radical (unpaired) electrons. The van der Waals surface area contributed by atoms with Gasteiger partial charge in [-0.3, -0.25) is 15.0 Å². The van der Waals surface area contributed by atoms with E-state index >= 15 is 0 Å². The number of carbonyl (C=O) groups excluding carboxylic acids is 2. The maximum absolute atomic E-state index is 11.3. The zero-order valence-electron chi connectivity index (χ0n) is 8.37. The minimum Gasteiger partial charge on any atom is -0.332 e. The molecule has 0 atom stereocenters. The highest BCUT2D eigenvalue weighted by Crippen LogP contribution is 2.23. The Balaban J connectivity index is 2.58. The van der Waals surface area contributed by atoms with Crippen LogP contribution >= 0.6 is 11.8 Å². The molecule has 80 valence electrons. The van der Waals surface area contributed by atoms with Crippen LogP contribution in [-0.4, -0.2) is 34.9 Å². The monoisotopic (exact) mass is 217 g/mol. The molecule has 0 aromatic heterocycles. The summed E-state index contributed by atoms with van der Waals surface area (Å²) in [4.78, 5) is 24.3. The molecule has 5 nitrogen and oxygen atoms in total. The van der Waals surface area contributed by atoms with E-state index in [9.17, 15) is 9.59 Å². The molecular formula is C8H15N3O2S. The van der Waals surface area contributed by atoms with E-state index in [1.807, 2.05) is 0 Å². The van der Waals surface area contributed by atoms with E-state index in [-0.39, 0.29) is 11.1 Å². The third kappa shape index (κ3) is 2.39. The zero-order valence-corrected chi connectivity index (χ0v) is 9.19. The standard InChI is InChI=1S/C8H15N3O2S/c1-8(2,6(12)10-9)5-11-3-4-14-7(11)13/h3-5,9H2,1-2H3,(H,10,12). The summed E-state index contributed by atoms with van der Waals surface area (Å²) < 4.78 is 0. The summed E-state index contributed by atoms with van der Waals surface area (Å²) in [7, 11) is 0. The van der Waals surface area contributed by atoms with Crippen molar-refractivity contribution in [1.29, 1.82) is 0 Å². The summed E-state index contributed by atoms with van der Waals surface area (Å²) in [5, 5.41) is 0.0443. The minimum atomic E-state index is -0.630. The predicted octanol–water partition coefficient (Wildman–Crippen LogP) is 0.171.